The molecule has 18 heavy (non-hydrogen) atoms. The lowest BCUT2D eigenvalue weighted by Crippen LogP contribution is -2.21. The predicted octanol–water partition coefficient (Wildman–Crippen LogP) is -0.265. The SMILES string of the molecule is Nc1cc(N2CCC(CO)C2)cc(S(N)(=O)=O)c1. The van der Waals surface area contributed by atoms with E-state index < -0.39 is 10.0 Å². The topological polar surface area (TPSA) is 110 Å². The fourth-order valence-corrected chi connectivity index (χ4v) is 2.75. The van der Waals surface area contributed by atoms with Crippen molar-refractivity contribution in [3.05, 3.63) is 18.2 Å². The van der Waals surface area contributed by atoms with E-state index in [0.29, 0.717) is 12.2 Å². The zero-order valence-corrected chi connectivity index (χ0v) is 10.7. The molecular weight excluding hydrogens is 254 g/mol. The number of nitrogen functional groups attached to an aromatic ring is 1. The molecule has 6 nitrogen and oxygen atoms in total. The number of sulfonamides is 1. The number of primary sulfonamides is 1. The molecule has 1 aliphatic rings. The maximum absolute atomic E-state index is 11.3. The van der Waals surface area contributed by atoms with Gasteiger partial charge in [0, 0.05) is 37.0 Å². The molecule has 0 aliphatic carbocycles. The van der Waals surface area contributed by atoms with E-state index in [9.17, 15) is 8.42 Å². The third kappa shape index (κ3) is 2.74. The number of aliphatic hydroxyl groups excluding tert-OH is 1. The van der Waals surface area contributed by atoms with Gasteiger partial charge >= 0.3 is 0 Å². The molecule has 1 atom stereocenters. The Morgan fingerprint density at radius 1 is 1.39 bits per heavy atom. The first-order chi connectivity index (χ1) is 8.40. The summed E-state index contributed by atoms with van der Waals surface area (Å²) in [6.45, 7) is 1.61. The van der Waals surface area contributed by atoms with E-state index >= 15 is 0 Å². The molecule has 5 N–H and O–H groups in total. The first-order valence-electron chi connectivity index (χ1n) is 5.69. The Kier molecular flexibility index (Phi) is 3.47. The Balaban J connectivity index is 2.32. The molecule has 0 saturated carbocycles. The summed E-state index contributed by atoms with van der Waals surface area (Å²) in [5, 5.41) is 14.2. The Hall–Kier alpha value is -1.31. The molecule has 7 heteroatoms. The van der Waals surface area contributed by atoms with Crippen LogP contribution in [0.1, 0.15) is 6.42 Å². The Bertz CT molecular complexity index is 544. The second kappa shape index (κ2) is 4.75. The molecule has 100 valence electrons. The molecule has 1 aliphatic heterocycles. The monoisotopic (exact) mass is 271 g/mol. The maximum Gasteiger partial charge on any atom is 0.238 e. The highest BCUT2D eigenvalue weighted by Crippen LogP contribution is 2.27. The van der Waals surface area contributed by atoms with Gasteiger partial charge in [0.1, 0.15) is 0 Å². The Labute approximate surface area is 106 Å². The van der Waals surface area contributed by atoms with E-state index in [2.05, 4.69) is 0 Å². The van der Waals surface area contributed by atoms with Crippen LogP contribution in [0.15, 0.2) is 23.1 Å². The van der Waals surface area contributed by atoms with E-state index in [0.717, 1.165) is 18.7 Å². The second-order valence-electron chi connectivity index (χ2n) is 4.59. The summed E-state index contributed by atoms with van der Waals surface area (Å²) in [4.78, 5) is 2.02. The summed E-state index contributed by atoms with van der Waals surface area (Å²) >= 11 is 0. The van der Waals surface area contributed by atoms with Crippen molar-refractivity contribution in [1.29, 1.82) is 0 Å². The van der Waals surface area contributed by atoms with Crippen LogP contribution in [0.4, 0.5) is 11.4 Å². The van der Waals surface area contributed by atoms with E-state index in [1.807, 2.05) is 4.90 Å². The number of aliphatic hydroxyl groups is 1. The van der Waals surface area contributed by atoms with Crippen LogP contribution in [0.2, 0.25) is 0 Å². The Morgan fingerprint density at radius 2 is 2.11 bits per heavy atom. The van der Waals surface area contributed by atoms with E-state index in [1.54, 1.807) is 6.07 Å². The molecule has 1 aromatic rings. The summed E-state index contributed by atoms with van der Waals surface area (Å²) in [5.74, 6) is 0.226. The second-order valence-corrected chi connectivity index (χ2v) is 6.15. The summed E-state index contributed by atoms with van der Waals surface area (Å²) < 4.78 is 22.7. The van der Waals surface area contributed by atoms with Crippen molar-refractivity contribution in [2.24, 2.45) is 11.1 Å². The van der Waals surface area contributed by atoms with Gasteiger partial charge in [-0.25, -0.2) is 13.6 Å². The molecule has 2 rings (SSSR count). The van der Waals surface area contributed by atoms with Crippen LogP contribution < -0.4 is 15.8 Å². The first kappa shape index (κ1) is 13.1. The van der Waals surface area contributed by atoms with E-state index in [1.165, 1.54) is 12.1 Å². The zero-order chi connectivity index (χ0) is 13.3. The van der Waals surface area contributed by atoms with E-state index in [4.69, 9.17) is 16.0 Å². The van der Waals surface area contributed by atoms with Crippen LogP contribution in [-0.4, -0.2) is 33.2 Å². The highest BCUT2D eigenvalue weighted by molar-refractivity contribution is 7.89. The van der Waals surface area contributed by atoms with Gasteiger partial charge in [-0.2, -0.15) is 0 Å². The van der Waals surface area contributed by atoms with Crippen molar-refractivity contribution in [2.45, 2.75) is 11.3 Å². The molecular formula is C11H17N3O3S. The summed E-state index contributed by atoms with van der Waals surface area (Å²) in [5.41, 5.74) is 6.79. The number of hydrogen-bond acceptors (Lipinski definition) is 5. The summed E-state index contributed by atoms with van der Waals surface area (Å²) in [6, 6.07) is 4.58. The minimum atomic E-state index is -3.75. The van der Waals surface area contributed by atoms with Crippen LogP contribution in [0.5, 0.6) is 0 Å². The third-order valence-electron chi connectivity index (χ3n) is 3.15. The van der Waals surface area contributed by atoms with Crippen LogP contribution in [0, 0.1) is 5.92 Å². The summed E-state index contributed by atoms with van der Waals surface area (Å²) in [6.07, 6.45) is 0.885. The molecule has 1 fully saturated rings. The predicted molar refractivity (Wildman–Crippen MR) is 69.6 cm³/mol. The fourth-order valence-electron chi connectivity index (χ4n) is 2.17. The van der Waals surface area contributed by atoms with Crippen molar-refractivity contribution in [1.82, 2.24) is 0 Å². The molecule has 0 amide bonds. The van der Waals surface area contributed by atoms with Crippen molar-refractivity contribution in [3.63, 3.8) is 0 Å². The maximum atomic E-state index is 11.3. The van der Waals surface area contributed by atoms with Crippen LogP contribution in [0.25, 0.3) is 0 Å². The van der Waals surface area contributed by atoms with Crippen LogP contribution in [0.3, 0.4) is 0 Å². The Morgan fingerprint density at radius 3 is 2.67 bits per heavy atom. The average molecular weight is 271 g/mol. The molecule has 0 aromatic heterocycles. The zero-order valence-electron chi connectivity index (χ0n) is 9.91. The summed E-state index contributed by atoms with van der Waals surface area (Å²) in [7, 11) is -3.75. The number of nitrogens with zero attached hydrogens (tertiary/aromatic N) is 1. The van der Waals surface area contributed by atoms with Gasteiger partial charge < -0.3 is 15.7 Å². The first-order valence-corrected chi connectivity index (χ1v) is 7.24. The molecule has 1 unspecified atom stereocenters. The van der Waals surface area contributed by atoms with E-state index in [-0.39, 0.29) is 17.4 Å². The quantitative estimate of drug-likeness (QED) is 0.656. The molecule has 1 aromatic carbocycles. The van der Waals surface area contributed by atoms with Gasteiger partial charge in [-0.1, -0.05) is 0 Å². The van der Waals surface area contributed by atoms with Gasteiger partial charge in [0.05, 0.1) is 4.90 Å². The van der Waals surface area contributed by atoms with Gasteiger partial charge in [0.2, 0.25) is 10.0 Å². The van der Waals surface area contributed by atoms with Crippen LogP contribution >= 0.6 is 0 Å². The smallest absolute Gasteiger partial charge is 0.238 e. The van der Waals surface area contributed by atoms with Gasteiger partial charge in [-0.15, -0.1) is 0 Å². The van der Waals surface area contributed by atoms with Crippen molar-refractivity contribution >= 4 is 21.4 Å². The van der Waals surface area contributed by atoms with Gasteiger partial charge in [-0.05, 0) is 24.6 Å². The highest BCUT2D eigenvalue weighted by Gasteiger charge is 2.23. The number of rotatable bonds is 3. The third-order valence-corrected chi connectivity index (χ3v) is 4.04. The number of hydrogen-bond donors (Lipinski definition) is 3. The fraction of sp³-hybridized carbons (Fsp3) is 0.455. The normalized spacial score (nSPS) is 20.3. The lowest BCUT2D eigenvalue weighted by molar-refractivity contribution is 0.238. The molecule has 0 bridgehead atoms. The minimum absolute atomic E-state index is 0.0185. The van der Waals surface area contributed by atoms with Gasteiger partial charge in [0.25, 0.3) is 0 Å². The lowest BCUT2D eigenvalue weighted by Gasteiger charge is -2.19. The minimum Gasteiger partial charge on any atom is -0.399 e. The average Bonchev–Trinajstić information content (AvgIpc) is 2.75. The van der Waals surface area contributed by atoms with Crippen molar-refractivity contribution in [2.75, 3.05) is 30.3 Å². The molecule has 1 saturated heterocycles. The standard InChI is InChI=1S/C11H17N3O3S/c12-9-3-10(5-11(4-9)18(13,16)17)14-2-1-8(6-14)7-15/h3-5,8,15H,1-2,6-7,12H2,(H2,13,16,17). The number of nitrogens with two attached hydrogens (primary N) is 2. The van der Waals surface area contributed by atoms with Crippen molar-refractivity contribution in [3.8, 4) is 0 Å². The molecule has 1 heterocycles. The lowest BCUT2D eigenvalue weighted by atomic mass is 10.1. The van der Waals surface area contributed by atoms with Crippen LogP contribution in [-0.2, 0) is 10.0 Å². The number of anilines is 2. The number of benzene rings is 1. The molecule has 0 spiro atoms. The van der Waals surface area contributed by atoms with Gasteiger partial charge in [-0.3, -0.25) is 0 Å². The van der Waals surface area contributed by atoms with Gasteiger partial charge in [0.15, 0.2) is 0 Å². The highest BCUT2D eigenvalue weighted by atomic mass is 32.2. The largest absolute Gasteiger partial charge is 0.399 e. The molecule has 0 radical (unpaired) electrons. The van der Waals surface area contributed by atoms with Crippen molar-refractivity contribution < 1.29 is 13.5 Å².